The molecule has 0 aromatic heterocycles. The van der Waals surface area contributed by atoms with Crippen molar-refractivity contribution < 1.29 is 19.1 Å². The van der Waals surface area contributed by atoms with Crippen molar-refractivity contribution >= 4 is 17.6 Å². The summed E-state index contributed by atoms with van der Waals surface area (Å²) in [5.74, 6) is 0.0594. The topological polar surface area (TPSA) is 88.4 Å². The van der Waals surface area contributed by atoms with Gasteiger partial charge in [0.1, 0.15) is 17.4 Å². The Bertz CT molecular complexity index is 670. The molecule has 1 aliphatic rings. The summed E-state index contributed by atoms with van der Waals surface area (Å²) >= 11 is 0. The monoisotopic (exact) mass is 330 g/mol. The number of carbonyl (C=O) groups is 2. The molecule has 0 spiro atoms. The van der Waals surface area contributed by atoms with Gasteiger partial charge in [0, 0.05) is 19.7 Å². The minimum Gasteiger partial charge on any atom is -0.425 e. The van der Waals surface area contributed by atoms with Crippen molar-refractivity contribution in [1.82, 2.24) is 0 Å². The first-order valence-corrected chi connectivity index (χ1v) is 7.99. The van der Waals surface area contributed by atoms with Gasteiger partial charge in [-0.25, -0.2) is 0 Å². The molecule has 1 fully saturated rings. The molecule has 6 heteroatoms. The lowest BCUT2D eigenvalue weighted by Crippen LogP contribution is -2.47. The van der Waals surface area contributed by atoms with Gasteiger partial charge in [0.05, 0.1) is 5.56 Å². The van der Waals surface area contributed by atoms with Gasteiger partial charge in [-0.2, -0.15) is 5.26 Å². The van der Waals surface area contributed by atoms with Crippen LogP contribution < -0.4 is 10.1 Å². The van der Waals surface area contributed by atoms with E-state index in [9.17, 15) is 14.9 Å². The van der Waals surface area contributed by atoms with Gasteiger partial charge >= 0.3 is 5.97 Å². The van der Waals surface area contributed by atoms with E-state index >= 15 is 0 Å². The van der Waals surface area contributed by atoms with E-state index in [1.54, 1.807) is 13.2 Å². The van der Waals surface area contributed by atoms with Crippen LogP contribution in [-0.2, 0) is 14.3 Å². The van der Waals surface area contributed by atoms with E-state index < -0.39 is 11.6 Å². The number of amides is 1. The second-order valence-electron chi connectivity index (χ2n) is 6.25. The summed E-state index contributed by atoms with van der Waals surface area (Å²) in [6, 6.07) is 6.56. The average Bonchev–Trinajstić information content (AvgIpc) is 2.56. The highest BCUT2D eigenvalue weighted by Crippen LogP contribution is 2.35. The molecule has 0 heterocycles. The predicted molar refractivity (Wildman–Crippen MR) is 88.5 cm³/mol. The van der Waals surface area contributed by atoms with Gasteiger partial charge in [0.15, 0.2) is 0 Å². The van der Waals surface area contributed by atoms with E-state index in [1.165, 1.54) is 19.1 Å². The van der Waals surface area contributed by atoms with Gasteiger partial charge in [0.2, 0.25) is 0 Å². The minimum atomic E-state index is -0.826. The van der Waals surface area contributed by atoms with Gasteiger partial charge in [-0.05, 0) is 49.8 Å². The number of esters is 1. The maximum Gasteiger partial charge on any atom is 0.308 e. The second-order valence-corrected chi connectivity index (χ2v) is 6.25. The van der Waals surface area contributed by atoms with E-state index in [2.05, 4.69) is 12.2 Å². The molecule has 1 amide bonds. The Labute approximate surface area is 141 Å². The molecular formula is C18H22N2O4. The lowest BCUT2D eigenvalue weighted by Gasteiger charge is -2.36. The van der Waals surface area contributed by atoms with Crippen LogP contribution in [0.15, 0.2) is 18.2 Å². The van der Waals surface area contributed by atoms with Crippen LogP contribution in [0.1, 0.15) is 45.1 Å². The average molecular weight is 330 g/mol. The highest BCUT2D eigenvalue weighted by atomic mass is 16.5. The van der Waals surface area contributed by atoms with Crippen molar-refractivity contribution in [2.75, 3.05) is 12.4 Å². The molecule has 1 aliphatic carbocycles. The Morgan fingerprint density at radius 1 is 1.33 bits per heavy atom. The zero-order chi connectivity index (χ0) is 17.7. The van der Waals surface area contributed by atoms with Crippen molar-refractivity contribution in [2.45, 2.75) is 45.1 Å². The Kier molecular flexibility index (Phi) is 5.58. The number of nitrogens with zero attached hydrogens (tertiary/aromatic N) is 1. The first-order valence-electron chi connectivity index (χ1n) is 7.99. The molecule has 0 saturated heterocycles. The van der Waals surface area contributed by atoms with Gasteiger partial charge < -0.3 is 14.8 Å². The molecule has 1 saturated carbocycles. The van der Waals surface area contributed by atoms with Gasteiger partial charge in [-0.3, -0.25) is 9.59 Å². The number of nitriles is 1. The third-order valence-corrected chi connectivity index (χ3v) is 4.50. The molecule has 0 bridgehead atoms. The molecule has 1 aromatic rings. The zero-order valence-corrected chi connectivity index (χ0v) is 14.2. The van der Waals surface area contributed by atoms with Crippen LogP contribution in [0, 0.1) is 17.2 Å². The van der Waals surface area contributed by atoms with Crippen LogP contribution in [0.5, 0.6) is 5.75 Å². The number of anilines is 1. The Balaban J connectivity index is 2.16. The first-order chi connectivity index (χ1) is 11.4. The number of methoxy groups -OCH3 is 1. The molecule has 1 aromatic carbocycles. The standard InChI is InChI=1S/C18H22N2O4/c1-12-6-8-18(23-3,9-7-12)17(22)20-15-4-5-16(24-13(2)21)14(10-15)11-19/h4-5,10,12H,6-9H2,1-3H3,(H,20,22). The first kappa shape index (κ1) is 18.0. The molecule has 6 nitrogen and oxygen atoms in total. The minimum absolute atomic E-state index is 0.177. The Hall–Kier alpha value is -2.39. The van der Waals surface area contributed by atoms with Gasteiger partial charge in [0.25, 0.3) is 5.91 Å². The number of rotatable bonds is 4. The van der Waals surface area contributed by atoms with Crippen molar-refractivity contribution in [1.29, 1.82) is 5.26 Å². The molecule has 0 atom stereocenters. The number of benzene rings is 1. The molecule has 0 unspecified atom stereocenters. The van der Waals surface area contributed by atoms with Crippen LogP contribution in [0.25, 0.3) is 0 Å². The largest absolute Gasteiger partial charge is 0.425 e. The van der Waals surface area contributed by atoms with Crippen molar-refractivity contribution in [3.8, 4) is 11.8 Å². The number of ether oxygens (including phenoxy) is 2. The normalized spacial score (nSPS) is 23.2. The van der Waals surface area contributed by atoms with E-state index in [1.807, 2.05) is 6.07 Å². The van der Waals surface area contributed by atoms with Crippen LogP contribution >= 0.6 is 0 Å². The highest BCUT2D eigenvalue weighted by Gasteiger charge is 2.41. The van der Waals surface area contributed by atoms with E-state index in [4.69, 9.17) is 9.47 Å². The van der Waals surface area contributed by atoms with Gasteiger partial charge in [-0.1, -0.05) is 6.92 Å². The van der Waals surface area contributed by atoms with E-state index in [0.29, 0.717) is 24.4 Å². The molecule has 0 aliphatic heterocycles. The Morgan fingerprint density at radius 2 is 2.00 bits per heavy atom. The van der Waals surface area contributed by atoms with Crippen LogP contribution in [-0.4, -0.2) is 24.6 Å². The summed E-state index contributed by atoms with van der Waals surface area (Å²) in [6.45, 7) is 3.44. The number of hydrogen-bond acceptors (Lipinski definition) is 5. The Morgan fingerprint density at radius 3 is 2.54 bits per heavy atom. The third kappa shape index (κ3) is 3.92. The lowest BCUT2D eigenvalue weighted by molar-refractivity contribution is -0.142. The van der Waals surface area contributed by atoms with Crippen molar-refractivity contribution in [2.24, 2.45) is 5.92 Å². The predicted octanol–water partition coefficient (Wildman–Crippen LogP) is 3.02. The van der Waals surface area contributed by atoms with Gasteiger partial charge in [-0.15, -0.1) is 0 Å². The summed E-state index contributed by atoms with van der Waals surface area (Å²) in [4.78, 5) is 23.7. The zero-order valence-electron chi connectivity index (χ0n) is 14.2. The number of nitrogens with one attached hydrogen (secondary N) is 1. The summed E-state index contributed by atoms with van der Waals surface area (Å²) < 4.78 is 10.5. The fraction of sp³-hybridized carbons (Fsp3) is 0.500. The maximum absolute atomic E-state index is 12.7. The summed E-state index contributed by atoms with van der Waals surface area (Å²) in [6.07, 6.45) is 3.23. The fourth-order valence-corrected chi connectivity index (χ4v) is 2.94. The van der Waals surface area contributed by atoms with E-state index in [-0.39, 0.29) is 17.2 Å². The highest BCUT2D eigenvalue weighted by molar-refractivity contribution is 5.97. The quantitative estimate of drug-likeness (QED) is 0.677. The lowest BCUT2D eigenvalue weighted by atomic mass is 9.79. The fourth-order valence-electron chi connectivity index (χ4n) is 2.94. The summed E-state index contributed by atoms with van der Waals surface area (Å²) in [7, 11) is 1.56. The van der Waals surface area contributed by atoms with Crippen molar-refractivity contribution in [3.05, 3.63) is 23.8 Å². The number of hydrogen-bond donors (Lipinski definition) is 1. The molecule has 0 radical (unpaired) electrons. The summed E-state index contributed by atoms with van der Waals surface area (Å²) in [5, 5.41) is 12.0. The van der Waals surface area contributed by atoms with Crippen LogP contribution in [0.4, 0.5) is 5.69 Å². The maximum atomic E-state index is 12.7. The second kappa shape index (κ2) is 7.45. The molecular weight excluding hydrogens is 308 g/mol. The molecule has 1 N–H and O–H groups in total. The van der Waals surface area contributed by atoms with Crippen LogP contribution in [0.2, 0.25) is 0 Å². The third-order valence-electron chi connectivity index (χ3n) is 4.50. The van der Waals surface area contributed by atoms with Crippen molar-refractivity contribution in [3.63, 3.8) is 0 Å². The van der Waals surface area contributed by atoms with Crippen LogP contribution in [0.3, 0.4) is 0 Å². The molecule has 24 heavy (non-hydrogen) atoms. The smallest absolute Gasteiger partial charge is 0.308 e. The van der Waals surface area contributed by atoms with E-state index in [0.717, 1.165) is 12.8 Å². The molecule has 2 rings (SSSR count). The molecule has 128 valence electrons. The summed E-state index contributed by atoms with van der Waals surface area (Å²) in [5.41, 5.74) is -0.164. The number of carbonyl (C=O) groups excluding carboxylic acids is 2. The SMILES string of the molecule is COC1(C(=O)Nc2ccc(OC(C)=O)c(C#N)c2)CCC(C)CC1.